The summed E-state index contributed by atoms with van der Waals surface area (Å²) in [5.74, 6) is 0.799. The van der Waals surface area contributed by atoms with Gasteiger partial charge in [0.25, 0.3) is 0 Å². The molecule has 2 saturated heterocycles. The van der Waals surface area contributed by atoms with Crippen LogP contribution in [-0.2, 0) is 16.4 Å². The Labute approximate surface area is 116 Å². The summed E-state index contributed by atoms with van der Waals surface area (Å²) in [6.07, 6.45) is 3.22. The molecule has 3 rings (SSSR count). The Morgan fingerprint density at radius 3 is 2.68 bits per heavy atom. The predicted octanol–water partition coefficient (Wildman–Crippen LogP) is 2.35. The van der Waals surface area contributed by atoms with E-state index in [2.05, 4.69) is 0 Å². The summed E-state index contributed by atoms with van der Waals surface area (Å²) in [5, 5.41) is 11.3. The zero-order valence-electron chi connectivity index (χ0n) is 11.2. The highest BCUT2D eigenvalue weighted by Gasteiger charge is 2.48. The lowest BCUT2D eigenvalue weighted by Gasteiger charge is -2.36. The van der Waals surface area contributed by atoms with E-state index in [0.29, 0.717) is 19.4 Å². The summed E-state index contributed by atoms with van der Waals surface area (Å²) in [6, 6.07) is 7.71. The van der Waals surface area contributed by atoms with Crippen LogP contribution in [0.2, 0.25) is 0 Å². The molecule has 4 heteroatoms. The van der Waals surface area contributed by atoms with Crippen LogP contribution in [0.5, 0.6) is 5.75 Å². The van der Waals surface area contributed by atoms with Crippen molar-refractivity contribution in [2.45, 2.75) is 48.7 Å². The molecule has 0 radical (unpaired) electrons. The molecule has 0 aromatic heterocycles. The summed E-state index contributed by atoms with van der Waals surface area (Å²) in [7, 11) is -0.739. The van der Waals surface area contributed by atoms with Crippen LogP contribution in [0.1, 0.15) is 38.2 Å². The van der Waals surface area contributed by atoms with Crippen molar-refractivity contribution in [3.8, 4) is 5.75 Å². The largest absolute Gasteiger partial charge is 0.494 e. The second kappa shape index (κ2) is 4.91. The maximum Gasteiger partial charge on any atom is 0.119 e. The van der Waals surface area contributed by atoms with Gasteiger partial charge in [-0.15, -0.1) is 0 Å². The van der Waals surface area contributed by atoms with Gasteiger partial charge in [0.05, 0.1) is 12.2 Å². The van der Waals surface area contributed by atoms with E-state index >= 15 is 0 Å². The van der Waals surface area contributed by atoms with E-state index < -0.39 is 16.4 Å². The lowest BCUT2D eigenvalue weighted by Crippen LogP contribution is -2.40. The van der Waals surface area contributed by atoms with Crippen molar-refractivity contribution < 1.29 is 14.1 Å². The SMILES string of the molecule is CCOc1cccc(C2(O)CC3CCC(C2)S3=O)c1. The molecule has 0 aliphatic carbocycles. The first-order valence-corrected chi connectivity index (χ1v) is 8.25. The molecule has 3 nitrogen and oxygen atoms in total. The van der Waals surface area contributed by atoms with Gasteiger partial charge < -0.3 is 9.84 Å². The van der Waals surface area contributed by atoms with E-state index in [1.165, 1.54) is 0 Å². The lowest BCUT2D eigenvalue weighted by atomic mass is 9.86. The molecule has 2 atom stereocenters. The Balaban J connectivity index is 1.89. The molecule has 2 fully saturated rings. The van der Waals surface area contributed by atoms with Crippen LogP contribution in [0.15, 0.2) is 24.3 Å². The van der Waals surface area contributed by atoms with Gasteiger partial charge in [0.2, 0.25) is 0 Å². The Morgan fingerprint density at radius 1 is 1.37 bits per heavy atom. The van der Waals surface area contributed by atoms with Crippen molar-refractivity contribution in [3.05, 3.63) is 29.8 Å². The highest BCUT2D eigenvalue weighted by molar-refractivity contribution is 7.86. The van der Waals surface area contributed by atoms with E-state index in [0.717, 1.165) is 24.2 Å². The van der Waals surface area contributed by atoms with Crippen LogP contribution >= 0.6 is 0 Å². The van der Waals surface area contributed by atoms with E-state index in [-0.39, 0.29) is 10.5 Å². The highest BCUT2D eigenvalue weighted by Crippen LogP contribution is 2.46. The Hall–Kier alpha value is -0.870. The maximum atomic E-state index is 12.1. The van der Waals surface area contributed by atoms with Crippen molar-refractivity contribution in [1.29, 1.82) is 0 Å². The molecule has 19 heavy (non-hydrogen) atoms. The summed E-state index contributed by atoms with van der Waals surface area (Å²) in [5.41, 5.74) is 0.0828. The normalized spacial score (nSPS) is 37.3. The molecule has 1 N–H and O–H groups in total. The van der Waals surface area contributed by atoms with Gasteiger partial charge in [-0.05, 0) is 50.3 Å². The standard InChI is InChI=1S/C15H20O3S/c1-2-18-12-5-3-4-11(8-12)15(16)9-13-6-7-14(10-15)19(13)17/h3-5,8,13-14,16H,2,6-7,9-10H2,1H3. The van der Waals surface area contributed by atoms with E-state index in [4.69, 9.17) is 4.74 Å². The quantitative estimate of drug-likeness (QED) is 0.924. The average Bonchev–Trinajstić information content (AvgIpc) is 2.63. The summed E-state index contributed by atoms with van der Waals surface area (Å²) < 4.78 is 17.6. The number of hydrogen-bond donors (Lipinski definition) is 1. The van der Waals surface area contributed by atoms with Gasteiger partial charge >= 0.3 is 0 Å². The van der Waals surface area contributed by atoms with Crippen LogP contribution in [0.4, 0.5) is 0 Å². The van der Waals surface area contributed by atoms with Gasteiger partial charge in [0.1, 0.15) is 5.75 Å². The Kier molecular flexibility index (Phi) is 3.39. The number of aliphatic hydroxyl groups is 1. The molecule has 104 valence electrons. The zero-order valence-corrected chi connectivity index (χ0v) is 12.0. The van der Waals surface area contributed by atoms with Crippen LogP contribution in [0.25, 0.3) is 0 Å². The van der Waals surface area contributed by atoms with Crippen molar-refractivity contribution in [2.75, 3.05) is 6.61 Å². The number of fused-ring (bicyclic) bond motifs is 2. The van der Waals surface area contributed by atoms with Gasteiger partial charge in [-0.25, -0.2) is 0 Å². The van der Waals surface area contributed by atoms with E-state index in [1.807, 2.05) is 31.2 Å². The molecule has 2 aliphatic rings. The lowest BCUT2D eigenvalue weighted by molar-refractivity contribution is 0.0182. The minimum Gasteiger partial charge on any atom is -0.494 e. The first kappa shape index (κ1) is 13.1. The highest BCUT2D eigenvalue weighted by atomic mass is 32.2. The molecule has 0 saturated carbocycles. The molecular weight excluding hydrogens is 260 g/mol. The number of benzene rings is 1. The van der Waals surface area contributed by atoms with E-state index in [9.17, 15) is 9.32 Å². The van der Waals surface area contributed by atoms with Crippen molar-refractivity contribution >= 4 is 10.8 Å². The number of rotatable bonds is 3. The topological polar surface area (TPSA) is 46.5 Å². The molecule has 2 heterocycles. The van der Waals surface area contributed by atoms with Crippen LogP contribution in [0.3, 0.4) is 0 Å². The second-order valence-electron chi connectivity index (χ2n) is 5.55. The molecule has 0 spiro atoms. The average molecular weight is 280 g/mol. The van der Waals surface area contributed by atoms with Gasteiger partial charge in [-0.2, -0.15) is 0 Å². The third kappa shape index (κ3) is 2.32. The Bertz CT molecular complexity index is 484. The predicted molar refractivity (Wildman–Crippen MR) is 75.7 cm³/mol. The molecular formula is C15H20O3S. The van der Waals surface area contributed by atoms with Crippen LogP contribution < -0.4 is 4.74 Å². The molecule has 2 aliphatic heterocycles. The van der Waals surface area contributed by atoms with Crippen molar-refractivity contribution in [2.24, 2.45) is 0 Å². The van der Waals surface area contributed by atoms with Crippen LogP contribution in [-0.4, -0.2) is 26.4 Å². The number of ether oxygens (including phenoxy) is 1. The summed E-state index contributed by atoms with van der Waals surface area (Å²) >= 11 is 0. The summed E-state index contributed by atoms with van der Waals surface area (Å²) in [4.78, 5) is 0. The molecule has 1 aromatic carbocycles. The Morgan fingerprint density at radius 2 is 2.05 bits per heavy atom. The van der Waals surface area contributed by atoms with Crippen molar-refractivity contribution in [1.82, 2.24) is 0 Å². The minimum absolute atomic E-state index is 0.166. The monoisotopic (exact) mass is 280 g/mol. The molecule has 1 aromatic rings. The fourth-order valence-electron chi connectivity index (χ4n) is 3.36. The van der Waals surface area contributed by atoms with Gasteiger partial charge in [0.15, 0.2) is 0 Å². The van der Waals surface area contributed by atoms with Crippen molar-refractivity contribution in [3.63, 3.8) is 0 Å². The maximum absolute atomic E-state index is 12.1. The van der Waals surface area contributed by atoms with E-state index in [1.54, 1.807) is 0 Å². The third-order valence-electron chi connectivity index (χ3n) is 4.28. The zero-order chi connectivity index (χ0) is 13.5. The minimum atomic E-state index is -0.827. The van der Waals surface area contributed by atoms with Gasteiger partial charge in [-0.3, -0.25) is 4.21 Å². The first-order chi connectivity index (χ1) is 9.12. The molecule has 2 bridgehead atoms. The molecule has 0 amide bonds. The third-order valence-corrected chi connectivity index (χ3v) is 6.40. The number of hydrogen-bond acceptors (Lipinski definition) is 3. The van der Waals surface area contributed by atoms with Crippen LogP contribution in [0, 0.1) is 0 Å². The second-order valence-corrected chi connectivity index (χ2v) is 7.54. The fourth-order valence-corrected chi connectivity index (χ4v) is 5.52. The van der Waals surface area contributed by atoms with Gasteiger partial charge in [0, 0.05) is 21.3 Å². The smallest absolute Gasteiger partial charge is 0.119 e. The fraction of sp³-hybridized carbons (Fsp3) is 0.600. The molecule has 2 unspecified atom stereocenters. The van der Waals surface area contributed by atoms with Gasteiger partial charge in [-0.1, -0.05) is 12.1 Å². The first-order valence-electron chi connectivity index (χ1n) is 6.97. The summed E-state index contributed by atoms with van der Waals surface area (Å²) in [6.45, 7) is 2.57.